The van der Waals surface area contributed by atoms with E-state index in [2.05, 4.69) is 63.9 Å². The minimum atomic E-state index is 0.179. The van der Waals surface area contributed by atoms with Crippen molar-refractivity contribution in [3.8, 4) is 0 Å². The predicted octanol–water partition coefficient (Wildman–Crippen LogP) is 4.59. The van der Waals surface area contributed by atoms with Crippen molar-refractivity contribution >= 4 is 10.9 Å². The summed E-state index contributed by atoms with van der Waals surface area (Å²) in [5.74, 6) is 0.561. The van der Waals surface area contributed by atoms with E-state index in [4.69, 9.17) is 0 Å². The molecule has 1 N–H and O–H groups in total. The number of hydrogen-bond acceptors (Lipinski definition) is 0. The van der Waals surface area contributed by atoms with Gasteiger partial charge in [-0.2, -0.15) is 0 Å². The second kappa shape index (κ2) is 3.65. The first kappa shape index (κ1) is 11.3. The molecule has 1 heterocycles. The van der Waals surface area contributed by atoms with Gasteiger partial charge in [0.05, 0.1) is 0 Å². The number of H-pyrrole nitrogens is 1. The zero-order valence-electron chi connectivity index (χ0n) is 10.9. The van der Waals surface area contributed by atoms with Crippen LogP contribution in [-0.4, -0.2) is 4.98 Å². The van der Waals surface area contributed by atoms with E-state index >= 15 is 0 Å². The van der Waals surface area contributed by atoms with Crippen molar-refractivity contribution in [3.05, 3.63) is 35.5 Å². The van der Waals surface area contributed by atoms with Crippen molar-refractivity contribution in [2.24, 2.45) is 0 Å². The molecule has 0 bridgehead atoms. The molecule has 0 saturated heterocycles. The normalized spacial score (nSPS) is 12.6. The molecule has 0 saturated carbocycles. The lowest BCUT2D eigenvalue weighted by molar-refractivity contribution is 0.562. The van der Waals surface area contributed by atoms with Gasteiger partial charge in [-0.3, -0.25) is 0 Å². The summed E-state index contributed by atoms with van der Waals surface area (Å²) >= 11 is 0. The smallest absolute Gasteiger partial charge is 0.0459 e. The lowest BCUT2D eigenvalue weighted by Gasteiger charge is -2.21. The van der Waals surface area contributed by atoms with Gasteiger partial charge in [-0.05, 0) is 17.5 Å². The number of aromatic nitrogens is 1. The standard InChI is InChI=1S/C15H21N/c1-10(2)13-11-8-6-7-9-12(11)16-14(13)15(3,4)5/h6-10,16H,1-5H3. The number of para-hydroxylation sites is 1. The Kier molecular flexibility index (Phi) is 2.57. The number of nitrogens with one attached hydrogen (secondary N) is 1. The molecule has 1 heteroatoms. The van der Waals surface area contributed by atoms with Crippen LogP contribution in [0.25, 0.3) is 10.9 Å². The van der Waals surface area contributed by atoms with Crippen LogP contribution in [0, 0.1) is 0 Å². The van der Waals surface area contributed by atoms with E-state index in [9.17, 15) is 0 Å². The number of aromatic amines is 1. The van der Waals surface area contributed by atoms with E-state index in [1.807, 2.05) is 0 Å². The number of benzene rings is 1. The van der Waals surface area contributed by atoms with Crippen LogP contribution in [0.15, 0.2) is 24.3 Å². The lowest BCUT2D eigenvalue weighted by Crippen LogP contribution is -2.14. The van der Waals surface area contributed by atoms with Crippen molar-refractivity contribution < 1.29 is 0 Å². The molecule has 2 rings (SSSR count). The number of fused-ring (bicyclic) bond motifs is 1. The van der Waals surface area contributed by atoms with Gasteiger partial charge in [0.25, 0.3) is 0 Å². The van der Waals surface area contributed by atoms with E-state index < -0.39 is 0 Å². The van der Waals surface area contributed by atoms with E-state index in [1.54, 1.807) is 0 Å². The molecule has 1 aromatic heterocycles. The minimum absolute atomic E-state index is 0.179. The fourth-order valence-electron chi connectivity index (χ4n) is 2.35. The Bertz CT molecular complexity index is 498. The maximum atomic E-state index is 3.59. The summed E-state index contributed by atoms with van der Waals surface area (Å²) in [6, 6.07) is 8.59. The molecule has 0 aliphatic rings. The highest BCUT2D eigenvalue weighted by Crippen LogP contribution is 2.35. The highest BCUT2D eigenvalue weighted by Gasteiger charge is 2.23. The molecule has 0 aliphatic heterocycles. The largest absolute Gasteiger partial charge is 0.358 e. The average Bonchev–Trinajstić information content (AvgIpc) is 2.55. The number of rotatable bonds is 1. The van der Waals surface area contributed by atoms with Crippen molar-refractivity contribution in [1.82, 2.24) is 4.98 Å². The summed E-state index contributed by atoms with van der Waals surface area (Å²) in [5.41, 5.74) is 4.29. The third-order valence-electron chi connectivity index (χ3n) is 3.07. The average molecular weight is 215 g/mol. The predicted molar refractivity (Wildman–Crippen MR) is 71.1 cm³/mol. The molecule has 2 aromatic rings. The highest BCUT2D eigenvalue weighted by atomic mass is 14.7. The monoisotopic (exact) mass is 215 g/mol. The second-order valence-corrected chi connectivity index (χ2v) is 5.86. The van der Waals surface area contributed by atoms with Crippen LogP contribution >= 0.6 is 0 Å². The van der Waals surface area contributed by atoms with E-state index in [-0.39, 0.29) is 5.41 Å². The van der Waals surface area contributed by atoms with Crippen LogP contribution in [0.1, 0.15) is 51.8 Å². The summed E-state index contributed by atoms with van der Waals surface area (Å²) < 4.78 is 0. The molecule has 0 spiro atoms. The molecular formula is C15H21N. The van der Waals surface area contributed by atoms with Crippen LogP contribution < -0.4 is 0 Å². The van der Waals surface area contributed by atoms with Crippen molar-refractivity contribution in [1.29, 1.82) is 0 Å². The van der Waals surface area contributed by atoms with Crippen LogP contribution in [-0.2, 0) is 5.41 Å². The van der Waals surface area contributed by atoms with Crippen molar-refractivity contribution in [2.45, 2.75) is 46.0 Å². The molecule has 1 aromatic carbocycles. The molecule has 16 heavy (non-hydrogen) atoms. The second-order valence-electron chi connectivity index (χ2n) is 5.86. The van der Waals surface area contributed by atoms with Gasteiger partial charge in [0.2, 0.25) is 0 Å². The topological polar surface area (TPSA) is 15.8 Å². The third-order valence-corrected chi connectivity index (χ3v) is 3.07. The lowest BCUT2D eigenvalue weighted by atomic mass is 9.85. The molecule has 86 valence electrons. The molecule has 0 aliphatic carbocycles. The molecular weight excluding hydrogens is 194 g/mol. The quantitative estimate of drug-likeness (QED) is 0.716. The molecule has 1 nitrogen and oxygen atoms in total. The van der Waals surface area contributed by atoms with Crippen molar-refractivity contribution in [2.75, 3.05) is 0 Å². The van der Waals surface area contributed by atoms with E-state index in [0.717, 1.165) is 0 Å². The van der Waals surface area contributed by atoms with Crippen LogP contribution in [0.4, 0.5) is 0 Å². The molecule has 0 unspecified atom stereocenters. The first-order chi connectivity index (χ1) is 7.41. The zero-order valence-corrected chi connectivity index (χ0v) is 10.9. The Hall–Kier alpha value is -1.24. The Balaban J connectivity index is 2.78. The Morgan fingerprint density at radius 2 is 1.69 bits per heavy atom. The summed E-state index contributed by atoms with van der Waals surface area (Å²) in [4.78, 5) is 3.59. The Labute approximate surface area is 97.9 Å². The molecule has 0 fully saturated rings. The van der Waals surface area contributed by atoms with Gasteiger partial charge < -0.3 is 4.98 Å². The van der Waals surface area contributed by atoms with Gasteiger partial charge >= 0.3 is 0 Å². The van der Waals surface area contributed by atoms with Gasteiger partial charge in [-0.25, -0.2) is 0 Å². The molecule has 0 amide bonds. The third kappa shape index (κ3) is 1.75. The Morgan fingerprint density at radius 1 is 1.06 bits per heavy atom. The van der Waals surface area contributed by atoms with Gasteiger partial charge in [0.15, 0.2) is 0 Å². The summed E-state index contributed by atoms with van der Waals surface area (Å²) in [7, 11) is 0. The first-order valence-corrected chi connectivity index (χ1v) is 6.02. The van der Waals surface area contributed by atoms with E-state index in [1.165, 1.54) is 22.2 Å². The minimum Gasteiger partial charge on any atom is -0.358 e. The van der Waals surface area contributed by atoms with E-state index in [0.29, 0.717) is 5.92 Å². The summed E-state index contributed by atoms with van der Waals surface area (Å²) in [6.07, 6.45) is 0. The highest BCUT2D eigenvalue weighted by molar-refractivity contribution is 5.85. The summed E-state index contributed by atoms with van der Waals surface area (Å²) in [6.45, 7) is 11.3. The maximum absolute atomic E-state index is 3.59. The number of hydrogen-bond donors (Lipinski definition) is 1. The zero-order chi connectivity index (χ0) is 11.9. The first-order valence-electron chi connectivity index (χ1n) is 6.02. The fourth-order valence-corrected chi connectivity index (χ4v) is 2.35. The fraction of sp³-hybridized carbons (Fsp3) is 0.467. The Morgan fingerprint density at radius 3 is 2.25 bits per heavy atom. The van der Waals surface area contributed by atoms with Crippen LogP contribution in [0.3, 0.4) is 0 Å². The SMILES string of the molecule is CC(C)c1c(C(C)(C)C)[nH]c2ccccc12. The van der Waals surface area contributed by atoms with Crippen LogP contribution in [0.2, 0.25) is 0 Å². The van der Waals surface area contributed by atoms with Crippen molar-refractivity contribution in [3.63, 3.8) is 0 Å². The van der Waals surface area contributed by atoms with Gasteiger partial charge in [-0.1, -0.05) is 52.8 Å². The van der Waals surface area contributed by atoms with Gasteiger partial charge in [-0.15, -0.1) is 0 Å². The van der Waals surface area contributed by atoms with Gasteiger partial charge in [0, 0.05) is 22.0 Å². The molecule has 0 atom stereocenters. The van der Waals surface area contributed by atoms with Crippen LogP contribution in [0.5, 0.6) is 0 Å². The van der Waals surface area contributed by atoms with Gasteiger partial charge in [0.1, 0.15) is 0 Å². The summed E-state index contributed by atoms with van der Waals surface area (Å²) in [5, 5.41) is 1.38. The molecule has 0 radical (unpaired) electrons. The maximum Gasteiger partial charge on any atom is 0.0459 e.